The standard InChI is InChI=1S/C8H5ClN4O2.C8H7ClN4.C5H2Cl2N2O2/c9-7-4-6(13(14)15)5-10-8(7)12-3-1-2-11-12;9-7-4-6(10)5-11-8(7)13-3-1-2-12-13;6-4-1-3(9(10)11)2-8-5(4)7/h1-5H;1-5H,10H2;1-2H. The van der Waals surface area contributed by atoms with Crippen LogP contribution >= 0.6 is 46.4 Å². The van der Waals surface area contributed by atoms with Crippen molar-refractivity contribution >= 4 is 63.5 Å². The fraction of sp³-hybridized carbons (Fsp3) is 0. The summed E-state index contributed by atoms with van der Waals surface area (Å²) in [5, 5.41) is 29.3. The Balaban J connectivity index is 0.000000164. The van der Waals surface area contributed by atoms with Crippen molar-refractivity contribution in [3.05, 3.63) is 114 Å². The second kappa shape index (κ2) is 13.4. The molecule has 0 atom stereocenters. The van der Waals surface area contributed by atoms with E-state index in [1.807, 2.05) is 0 Å². The maximum atomic E-state index is 10.4. The summed E-state index contributed by atoms with van der Waals surface area (Å²) in [6.07, 6.45) is 10.4. The summed E-state index contributed by atoms with van der Waals surface area (Å²) < 4.78 is 3.02. The first-order valence-corrected chi connectivity index (χ1v) is 11.7. The molecule has 0 amide bonds. The molecule has 39 heavy (non-hydrogen) atoms. The van der Waals surface area contributed by atoms with Crippen LogP contribution in [0.1, 0.15) is 0 Å². The van der Waals surface area contributed by atoms with Gasteiger partial charge in [-0.05, 0) is 18.2 Å². The predicted octanol–water partition coefficient (Wildman–Crippen LogP) is 5.63. The Morgan fingerprint density at radius 2 is 1.15 bits per heavy atom. The summed E-state index contributed by atoms with van der Waals surface area (Å²) in [7, 11) is 0. The van der Waals surface area contributed by atoms with Crippen molar-refractivity contribution in [3.63, 3.8) is 0 Å². The van der Waals surface area contributed by atoms with Crippen LogP contribution in [-0.2, 0) is 0 Å². The molecule has 5 aromatic rings. The molecule has 0 saturated carbocycles. The molecule has 0 aliphatic heterocycles. The Morgan fingerprint density at radius 1 is 0.692 bits per heavy atom. The van der Waals surface area contributed by atoms with Crippen LogP contribution in [0.15, 0.2) is 73.7 Å². The van der Waals surface area contributed by atoms with E-state index in [-0.39, 0.29) is 26.6 Å². The minimum atomic E-state index is -0.588. The van der Waals surface area contributed by atoms with Gasteiger partial charge in [0.25, 0.3) is 11.4 Å². The lowest BCUT2D eigenvalue weighted by molar-refractivity contribution is -0.385. The number of halogens is 4. The van der Waals surface area contributed by atoms with Gasteiger partial charge in [-0.15, -0.1) is 0 Å². The van der Waals surface area contributed by atoms with Crippen LogP contribution in [0.25, 0.3) is 11.6 Å². The molecule has 0 fully saturated rings. The number of anilines is 1. The lowest BCUT2D eigenvalue weighted by Gasteiger charge is -2.02. The number of hydrogen-bond acceptors (Lipinski definition) is 10. The second-order valence-electron chi connectivity index (χ2n) is 6.95. The molecule has 5 aromatic heterocycles. The molecule has 0 aliphatic carbocycles. The van der Waals surface area contributed by atoms with Crippen molar-refractivity contribution < 1.29 is 9.85 Å². The van der Waals surface area contributed by atoms with E-state index in [1.165, 1.54) is 10.7 Å². The van der Waals surface area contributed by atoms with E-state index in [9.17, 15) is 20.2 Å². The number of pyridine rings is 3. The molecule has 14 nitrogen and oxygen atoms in total. The zero-order valence-electron chi connectivity index (χ0n) is 19.2. The number of nitro groups is 2. The lowest BCUT2D eigenvalue weighted by atomic mass is 10.4. The van der Waals surface area contributed by atoms with Gasteiger partial charge < -0.3 is 5.73 Å². The monoisotopic (exact) mass is 610 g/mol. The summed E-state index contributed by atoms with van der Waals surface area (Å²) in [6, 6.07) is 7.54. The van der Waals surface area contributed by atoms with Crippen molar-refractivity contribution in [3.8, 4) is 11.6 Å². The van der Waals surface area contributed by atoms with Crippen molar-refractivity contribution in [1.29, 1.82) is 0 Å². The smallest absolute Gasteiger partial charge is 0.289 e. The number of aromatic nitrogens is 7. The Kier molecular flexibility index (Phi) is 10.1. The second-order valence-corrected chi connectivity index (χ2v) is 8.53. The Bertz CT molecular complexity index is 1580. The molecule has 0 saturated heterocycles. The minimum Gasteiger partial charge on any atom is -0.397 e. The van der Waals surface area contributed by atoms with Gasteiger partial charge >= 0.3 is 0 Å². The third-order valence-corrected chi connectivity index (χ3v) is 5.54. The number of hydrogen-bond donors (Lipinski definition) is 1. The molecule has 2 N–H and O–H groups in total. The third-order valence-electron chi connectivity index (χ3n) is 4.30. The lowest BCUT2D eigenvalue weighted by Crippen LogP contribution is -2.00. The van der Waals surface area contributed by atoms with Crippen LogP contribution in [0.3, 0.4) is 0 Å². The van der Waals surface area contributed by atoms with Crippen LogP contribution in [0, 0.1) is 20.2 Å². The number of nitrogens with zero attached hydrogens (tertiary/aromatic N) is 9. The third kappa shape index (κ3) is 8.05. The van der Waals surface area contributed by atoms with Crippen LogP contribution in [0.4, 0.5) is 17.1 Å². The first-order valence-electron chi connectivity index (χ1n) is 10.2. The minimum absolute atomic E-state index is 0.0669. The molecule has 0 unspecified atom stereocenters. The highest BCUT2D eigenvalue weighted by molar-refractivity contribution is 6.41. The number of nitrogen functional groups attached to an aromatic ring is 1. The molecule has 5 rings (SSSR count). The highest BCUT2D eigenvalue weighted by Gasteiger charge is 2.12. The molecule has 0 spiro atoms. The molecular weight excluding hydrogens is 598 g/mol. The molecule has 200 valence electrons. The average molecular weight is 612 g/mol. The largest absolute Gasteiger partial charge is 0.397 e. The highest BCUT2D eigenvalue weighted by Crippen LogP contribution is 2.24. The van der Waals surface area contributed by atoms with Crippen LogP contribution in [0.5, 0.6) is 0 Å². The van der Waals surface area contributed by atoms with Gasteiger partial charge in [-0.1, -0.05) is 46.4 Å². The zero-order valence-corrected chi connectivity index (χ0v) is 22.2. The van der Waals surface area contributed by atoms with Gasteiger partial charge in [0.05, 0.1) is 36.8 Å². The summed E-state index contributed by atoms with van der Waals surface area (Å²) in [5.41, 5.74) is 5.74. The predicted molar refractivity (Wildman–Crippen MR) is 145 cm³/mol. The Labute approximate surface area is 238 Å². The van der Waals surface area contributed by atoms with E-state index in [2.05, 4.69) is 25.1 Å². The molecule has 0 bridgehead atoms. The van der Waals surface area contributed by atoms with E-state index < -0.39 is 9.85 Å². The number of nitrogens with two attached hydrogens (primary N) is 1. The van der Waals surface area contributed by atoms with E-state index in [0.29, 0.717) is 22.3 Å². The van der Waals surface area contributed by atoms with Gasteiger partial charge in [0.15, 0.2) is 11.6 Å². The fourth-order valence-corrected chi connectivity index (χ4v) is 3.37. The van der Waals surface area contributed by atoms with Gasteiger partial charge in [-0.3, -0.25) is 20.2 Å². The summed E-state index contributed by atoms with van der Waals surface area (Å²) in [5.74, 6) is 0.952. The summed E-state index contributed by atoms with van der Waals surface area (Å²) >= 11 is 22.6. The molecular formula is C21H14Cl4N10O4. The number of rotatable bonds is 4. The normalized spacial score (nSPS) is 10.1. The Morgan fingerprint density at radius 3 is 1.56 bits per heavy atom. The molecule has 18 heteroatoms. The van der Waals surface area contributed by atoms with Crippen LogP contribution < -0.4 is 5.73 Å². The summed E-state index contributed by atoms with van der Waals surface area (Å²) in [4.78, 5) is 30.9. The molecule has 0 radical (unpaired) electrons. The van der Waals surface area contributed by atoms with Gasteiger partial charge in [-0.2, -0.15) is 10.2 Å². The van der Waals surface area contributed by atoms with Gasteiger partial charge in [0.1, 0.15) is 17.5 Å². The maximum absolute atomic E-state index is 10.4. The van der Waals surface area contributed by atoms with Gasteiger partial charge in [0, 0.05) is 36.9 Å². The zero-order chi connectivity index (χ0) is 28.5. The maximum Gasteiger partial charge on any atom is 0.289 e. The quantitative estimate of drug-likeness (QED) is 0.151. The average Bonchev–Trinajstić information content (AvgIpc) is 3.61. The topological polar surface area (TPSA) is 187 Å². The fourth-order valence-electron chi connectivity index (χ4n) is 2.60. The van der Waals surface area contributed by atoms with Crippen molar-refractivity contribution in [1.82, 2.24) is 34.5 Å². The van der Waals surface area contributed by atoms with Crippen molar-refractivity contribution in [2.24, 2.45) is 0 Å². The Hall–Kier alpha value is -4.37. The van der Waals surface area contributed by atoms with Crippen LogP contribution in [0.2, 0.25) is 20.2 Å². The van der Waals surface area contributed by atoms with E-state index >= 15 is 0 Å². The first kappa shape index (κ1) is 29.2. The van der Waals surface area contributed by atoms with Crippen molar-refractivity contribution in [2.45, 2.75) is 0 Å². The highest BCUT2D eigenvalue weighted by atomic mass is 35.5. The van der Waals surface area contributed by atoms with E-state index in [1.54, 1.807) is 53.9 Å². The van der Waals surface area contributed by atoms with E-state index in [4.69, 9.17) is 52.1 Å². The molecule has 0 aliphatic rings. The van der Waals surface area contributed by atoms with Gasteiger partial charge in [0.2, 0.25) is 0 Å². The first-order chi connectivity index (χ1) is 18.6. The SMILES string of the molecule is Nc1cnc(-n2cccn2)c(Cl)c1.O=[N+]([O-])c1cnc(-n2cccn2)c(Cl)c1.O=[N+]([O-])c1cnc(Cl)c(Cl)c1. The van der Waals surface area contributed by atoms with Gasteiger partial charge in [-0.25, -0.2) is 24.3 Å². The molecule has 0 aromatic carbocycles. The van der Waals surface area contributed by atoms with E-state index in [0.717, 1.165) is 18.5 Å². The summed E-state index contributed by atoms with van der Waals surface area (Å²) in [6.45, 7) is 0. The van der Waals surface area contributed by atoms with Crippen LogP contribution in [-0.4, -0.2) is 44.4 Å². The molecule has 5 heterocycles. The van der Waals surface area contributed by atoms with Crippen molar-refractivity contribution in [2.75, 3.05) is 5.73 Å².